The van der Waals surface area contributed by atoms with E-state index in [1.165, 1.54) is 11.0 Å². The molecule has 104 valence electrons. The Morgan fingerprint density at radius 3 is 2.95 bits per heavy atom. The maximum absolute atomic E-state index is 13.7. The minimum Gasteiger partial charge on any atom is -0.378 e. The number of morpholine rings is 1. The standard InChI is InChI=1S/C14H19FN2O2/c1-2-17(13-6-4-3-5-12(13)15)14(18)9-11-10-19-8-7-16-11/h3-6,11,16H,2,7-10H2,1H3. The van der Waals surface area contributed by atoms with Crippen molar-refractivity contribution < 1.29 is 13.9 Å². The summed E-state index contributed by atoms with van der Waals surface area (Å²) in [6.07, 6.45) is 0.322. The maximum atomic E-state index is 13.7. The van der Waals surface area contributed by atoms with Gasteiger partial charge in [-0.3, -0.25) is 4.79 Å². The van der Waals surface area contributed by atoms with Crippen LogP contribution in [0.3, 0.4) is 0 Å². The molecule has 0 aliphatic carbocycles. The summed E-state index contributed by atoms with van der Waals surface area (Å²) in [6.45, 7) is 4.25. The van der Waals surface area contributed by atoms with E-state index < -0.39 is 0 Å². The van der Waals surface area contributed by atoms with Crippen molar-refractivity contribution in [2.24, 2.45) is 0 Å². The lowest BCUT2D eigenvalue weighted by Crippen LogP contribution is -2.45. The second-order valence-corrected chi connectivity index (χ2v) is 4.52. The molecular formula is C14H19FN2O2. The van der Waals surface area contributed by atoms with Gasteiger partial charge in [-0.1, -0.05) is 12.1 Å². The van der Waals surface area contributed by atoms with Crippen LogP contribution >= 0.6 is 0 Å². The first-order valence-corrected chi connectivity index (χ1v) is 6.58. The van der Waals surface area contributed by atoms with Crippen LogP contribution in [-0.4, -0.2) is 38.3 Å². The molecule has 1 aromatic carbocycles. The average molecular weight is 266 g/mol. The molecule has 4 nitrogen and oxygen atoms in total. The molecule has 2 rings (SSSR count). The third-order valence-corrected chi connectivity index (χ3v) is 3.18. The number of nitrogens with one attached hydrogen (secondary N) is 1. The molecule has 5 heteroatoms. The number of hydrogen-bond donors (Lipinski definition) is 1. The van der Waals surface area contributed by atoms with Crippen LogP contribution in [-0.2, 0) is 9.53 Å². The van der Waals surface area contributed by atoms with Crippen molar-refractivity contribution in [1.82, 2.24) is 5.32 Å². The number of ether oxygens (including phenoxy) is 1. The summed E-state index contributed by atoms with van der Waals surface area (Å²) in [7, 11) is 0. The zero-order valence-corrected chi connectivity index (χ0v) is 11.1. The highest BCUT2D eigenvalue weighted by atomic mass is 19.1. The summed E-state index contributed by atoms with van der Waals surface area (Å²) in [5.41, 5.74) is 0.340. The van der Waals surface area contributed by atoms with Crippen LogP contribution in [0.4, 0.5) is 10.1 Å². The minimum atomic E-state index is -0.370. The molecule has 1 heterocycles. The Kier molecular flexibility index (Phi) is 4.87. The second kappa shape index (κ2) is 6.63. The number of carbonyl (C=O) groups is 1. The fourth-order valence-corrected chi connectivity index (χ4v) is 2.22. The van der Waals surface area contributed by atoms with Crippen LogP contribution in [0.25, 0.3) is 0 Å². The van der Waals surface area contributed by atoms with Crippen LogP contribution in [0.15, 0.2) is 24.3 Å². The van der Waals surface area contributed by atoms with Crippen LogP contribution in [0.5, 0.6) is 0 Å². The van der Waals surface area contributed by atoms with E-state index in [9.17, 15) is 9.18 Å². The molecule has 1 aromatic rings. The molecule has 0 radical (unpaired) electrons. The maximum Gasteiger partial charge on any atom is 0.228 e. The van der Waals surface area contributed by atoms with Crippen LogP contribution in [0.2, 0.25) is 0 Å². The number of halogens is 1. The lowest BCUT2D eigenvalue weighted by molar-refractivity contribution is -0.119. The minimum absolute atomic E-state index is 0.0158. The third-order valence-electron chi connectivity index (χ3n) is 3.18. The average Bonchev–Trinajstić information content (AvgIpc) is 2.43. The van der Waals surface area contributed by atoms with Gasteiger partial charge in [0.2, 0.25) is 5.91 Å². The highest BCUT2D eigenvalue weighted by Crippen LogP contribution is 2.19. The Morgan fingerprint density at radius 2 is 2.32 bits per heavy atom. The molecule has 1 saturated heterocycles. The quantitative estimate of drug-likeness (QED) is 0.899. The summed E-state index contributed by atoms with van der Waals surface area (Å²) >= 11 is 0. The molecule has 1 aliphatic heterocycles. The van der Waals surface area contributed by atoms with Crippen LogP contribution in [0.1, 0.15) is 13.3 Å². The lowest BCUT2D eigenvalue weighted by Gasteiger charge is -2.27. The van der Waals surface area contributed by atoms with E-state index in [1.807, 2.05) is 6.92 Å². The smallest absolute Gasteiger partial charge is 0.228 e. The van der Waals surface area contributed by atoms with Crippen LogP contribution < -0.4 is 10.2 Å². The normalized spacial score (nSPS) is 19.2. The number of carbonyl (C=O) groups excluding carboxylic acids is 1. The Labute approximate surface area is 112 Å². The van der Waals surface area contributed by atoms with E-state index in [2.05, 4.69) is 5.32 Å². The van der Waals surface area contributed by atoms with E-state index in [-0.39, 0.29) is 17.8 Å². The van der Waals surface area contributed by atoms with Gasteiger partial charge < -0.3 is 15.0 Å². The molecule has 0 spiro atoms. The molecule has 1 aliphatic rings. The number of benzene rings is 1. The van der Waals surface area contributed by atoms with Crippen molar-refractivity contribution in [1.29, 1.82) is 0 Å². The Morgan fingerprint density at radius 1 is 1.53 bits per heavy atom. The number of para-hydroxylation sites is 1. The molecule has 1 N–H and O–H groups in total. The number of anilines is 1. The summed E-state index contributed by atoms with van der Waals surface area (Å²) in [5.74, 6) is -0.457. The highest BCUT2D eigenvalue weighted by molar-refractivity contribution is 5.93. The van der Waals surface area contributed by atoms with Gasteiger partial charge in [-0.2, -0.15) is 0 Å². The molecule has 1 amide bonds. The highest BCUT2D eigenvalue weighted by Gasteiger charge is 2.22. The molecule has 1 unspecified atom stereocenters. The summed E-state index contributed by atoms with van der Waals surface area (Å²) in [5, 5.41) is 3.23. The first-order valence-electron chi connectivity index (χ1n) is 6.58. The van der Waals surface area contributed by atoms with Crippen molar-refractivity contribution in [3.63, 3.8) is 0 Å². The molecule has 1 atom stereocenters. The fraction of sp³-hybridized carbons (Fsp3) is 0.500. The largest absolute Gasteiger partial charge is 0.378 e. The second-order valence-electron chi connectivity index (χ2n) is 4.52. The number of amides is 1. The van der Waals surface area contributed by atoms with E-state index >= 15 is 0 Å². The predicted octanol–water partition coefficient (Wildman–Crippen LogP) is 1.56. The van der Waals surface area contributed by atoms with E-state index in [1.54, 1.807) is 18.2 Å². The molecule has 19 heavy (non-hydrogen) atoms. The van der Waals surface area contributed by atoms with E-state index in [4.69, 9.17) is 4.74 Å². The molecule has 1 fully saturated rings. The van der Waals surface area contributed by atoms with Crippen molar-refractivity contribution in [2.45, 2.75) is 19.4 Å². The Bertz CT molecular complexity index is 433. The van der Waals surface area contributed by atoms with Gasteiger partial charge in [-0.05, 0) is 19.1 Å². The fourth-order valence-electron chi connectivity index (χ4n) is 2.22. The summed E-state index contributed by atoms with van der Waals surface area (Å²) in [4.78, 5) is 13.7. The first kappa shape index (κ1) is 14.0. The van der Waals surface area contributed by atoms with Crippen LogP contribution in [0, 0.1) is 5.82 Å². The lowest BCUT2D eigenvalue weighted by atomic mass is 10.1. The van der Waals surface area contributed by atoms with Gasteiger partial charge in [0.05, 0.1) is 18.9 Å². The predicted molar refractivity (Wildman–Crippen MR) is 71.7 cm³/mol. The van der Waals surface area contributed by atoms with Gasteiger partial charge in [0.1, 0.15) is 5.82 Å². The number of nitrogens with zero attached hydrogens (tertiary/aromatic N) is 1. The number of hydrogen-bond acceptors (Lipinski definition) is 3. The molecule has 0 aromatic heterocycles. The molecular weight excluding hydrogens is 247 g/mol. The van der Waals surface area contributed by atoms with E-state index in [0.29, 0.717) is 31.9 Å². The van der Waals surface area contributed by atoms with Gasteiger partial charge in [-0.25, -0.2) is 4.39 Å². The Hall–Kier alpha value is -1.46. The van der Waals surface area contributed by atoms with Gasteiger partial charge >= 0.3 is 0 Å². The Balaban J connectivity index is 2.04. The summed E-state index contributed by atoms with van der Waals surface area (Å²) < 4.78 is 19.0. The van der Waals surface area contributed by atoms with Crippen molar-refractivity contribution >= 4 is 11.6 Å². The van der Waals surface area contributed by atoms with Crippen molar-refractivity contribution in [2.75, 3.05) is 31.2 Å². The SMILES string of the molecule is CCN(C(=O)CC1COCCN1)c1ccccc1F. The number of rotatable bonds is 4. The monoisotopic (exact) mass is 266 g/mol. The summed E-state index contributed by atoms with van der Waals surface area (Å²) in [6, 6.07) is 6.36. The van der Waals surface area contributed by atoms with Gasteiger partial charge in [0.15, 0.2) is 0 Å². The van der Waals surface area contributed by atoms with Crippen molar-refractivity contribution in [3.8, 4) is 0 Å². The zero-order chi connectivity index (χ0) is 13.7. The van der Waals surface area contributed by atoms with Crippen molar-refractivity contribution in [3.05, 3.63) is 30.1 Å². The topological polar surface area (TPSA) is 41.6 Å². The van der Waals surface area contributed by atoms with Gasteiger partial charge in [-0.15, -0.1) is 0 Å². The van der Waals surface area contributed by atoms with E-state index in [0.717, 1.165) is 6.54 Å². The molecule has 0 saturated carbocycles. The molecule has 0 bridgehead atoms. The zero-order valence-electron chi connectivity index (χ0n) is 11.1. The third kappa shape index (κ3) is 3.52. The van der Waals surface area contributed by atoms with Gasteiger partial charge in [0.25, 0.3) is 0 Å². The van der Waals surface area contributed by atoms with Gasteiger partial charge in [0, 0.05) is 25.6 Å². The first-order chi connectivity index (χ1) is 9.22.